The van der Waals surface area contributed by atoms with E-state index in [2.05, 4.69) is 52.0 Å². The molecule has 0 saturated heterocycles. The molecule has 0 unspecified atom stereocenters. The molecular weight excluding hydrogens is 358 g/mol. The van der Waals surface area contributed by atoms with E-state index in [-0.39, 0.29) is 18.5 Å². The van der Waals surface area contributed by atoms with Crippen LogP contribution in [-0.4, -0.2) is 24.0 Å². The average molecular weight is 383 g/mol. The summed E-state index contributed by atoms with van der Waals surface area (Å²) in [5.41, 5.74) is 4.64. The number of para-hydroxylation sites is 1. The third kappa shape index (κ3) is 4.73. The van der Waals surface area contributed by atoms with Gasteiger partial charge in [-0.2, -0.15) is 0 Å². The van der Waals surface area contributed by atoms with Crippen molar-refractivity contribution in [3.8, 4) is 0 Å². The third-order valence-corrected chi connectivity index (χ3v) is 5.12. The molecule has 29 heavy (non-hydrogen) atoms. The van der Waals surface area contributed by atoms with E-state index >= 15 is 0 Å². The molecule has 4 rings (SSSR count). The SMILES string of the molecule is O=C(CNC(c1ccccc1)c1ccccc1)NCCc1c[nH]c2ccccc12. The first-order valence-corrected chi connectivity index (χ1v) is 9.96. The summed E-state index contributed by atoms with van der Waals surface area (Å²) in [6.45, 7) is 0.881. The van der Waals surface area contributed by atoms with Gasteiger partial charge in [0.1, 0.15) is 0 Å². The molecule has 146 valence electrons. The van der Waals surface area contributed by atoms with Gasteiger partial charge < -0.3 is 10.3 Å². The van der Waals surface area contributed by atoms with Crippen LogP contribution in [0.3, 0.4) is 0 Å². The van der Waals surface area contributed by atoms with Crippen molar-refractivity contribution in [2.45, 2.75) is 12.5 Å². The van der Waals surface area contributed by atoms with E-state index in [4.69, 9.17) is 0 Å². The van der Waals surface area contributed by atoms with Crippen molar-refractivity contribution in [3.63, 3.8) is 0 Å². The summed E-state index contributed by atoms with van der Waals surface area (Å²) in [5.74, 6) is 0.00158. The summed E-state index contributed by atoms with van der Waals surface area (Å²) in [7, 11) is 0. The van der Waals surface area contributed by atoms with Crippen LogP contribution in [-0.2, 0) is 11.2 Å². The fourth-order valence-electron chi connectivity index (χ4n) is 3.65. The van der Waals surface area contributed by atoms with Crippen LogP contribution in [0.5, 0.6) is 0 Å². The number of benzene rings is 3. The zero-order valence-electron chi connectivity index (χ0n) is 16.3. The summed E-state index contributed by atoms with van der Waals surface area (Å²) in [6, 6.07) is 28.6. The van der Waals surface area contributed by atoms with Crippen molar-refractivity contribution in [3.05, 3.63) is 108 Å². The van der Waals surface area contributed by atoms with Gasteiger partial charge in [0.2, 0.25) is 5.91 Å². The Balaban J connectivity index is 1.33. The van der Waals surface area contributed by atoms with E-state index in [9.17, 15) is 4.79 Å². The van der Waals surface area contributed by atoms with Crippen LogP contribution in [0.1, 0.15) is 22.7 Å². The molecule has 3 aromatic carbocycles. The van der Waals surface area contributed by atoms with Crippen LogP contribution in [0.4, 0.5) is 0 Å². The minimum atomic E-state index is -0.0169. The van der Waals surface area contributed by atoms with Crippen molar-refractivity contribution in [2.75, 3.05) is 13.1 Å². The van der Waals surface area contributed by atoms with Gasteiger partial charge in [0, 0.05) is 23.6 Å². The number of H-pyrrole nitrogens is 1. The van der Waals surface area contributed by atoms with Crippen molar-refractivity contribution in [1.82, 2.24) is 15.6 Å². The zero-order chi connectivity index (χ0) is 19.9. The highest BCUT2D eigenvalue weighted by Crippen LogP contribution is 2.21. The minimum absolute atomic E-state index is 0.00158. The van der Waals surface area contributed by atoms with Crippen molar-refractivity contribution in [2.24, 2.45) is 0 Å². The maximum absolute atomic E-state index is 12.4. The first-order valence-electron chi connectivity index (χ1n) is 9.96. The molecule has 1 amide bonds. The van der Waals surface area contributed by atoms with Crippen LogP contribution in [0.2, 0.25) is 0 Å². The molecule has 0 fully saturated rings. The zero-order valence-corrected chi connectivity index (χ0v) is 16.3. The lowest BCUT2D eigenvalue weighted by Crippen LogP contribution is -2.37. The Kier molecular flexibility index (Phi) is 6.03. The maximum atomic E-state index is 12.4. The van der Waals surface area contributed by atoms with Crippen molar-refractivity contribution < 1.29 is 4.79 Å². The monoisotopic (exact) mass is 383 g/mol. The number of aromatic nitrogens is 1. The van der Waals surface area contributed by atoms with Gasteiger partial charge in [-0.15, -0.1) is 0 Å². The summed E-state index contributed by atoms with van der Waals surface area (Å²) in [5, 5.41) is 7.65. The Labute approximate surface area is 171 Å². The second-order valence-electron chi connectivity index (χ2n) is 7.09. The van der Waals surface area contributed by atoms with Crippen LogP contribution in [0, 0.1) is 0 Å². The fraction of sp³-hybridized carbons (Fsp3) is 0.160. The first-order chi connectivity index (χ1) is 14.3. The number of rotatable bonds is 8. The summed E-state index contributed by atoms with van der Waals surface area (Å²) < 4.78 is 0. The molecule has 0 aliphatic heterocycles. The van der Waals surface area contributed by atoms with Crippen LogP contribution in [0.15, 0.2) is 91.1 Å². The first kappa shape index (κ1) is 19.0. The van der Waals surface area contributed by atoms with E-state index in [1.54, 1.807) is 0 Å². The highest BCUT2D eigenvalue weighted by molar-refractivity contribution is 5.83. The molecule has 4 heteroatoms. The molecule has 0 radical (unpaired) electrons. The van der Waals surface area contributed by atoms with E-state index in [1.807, 2.05) is 54.7 Å². The molecule has 0 saturated carbocycles. The summed E-state index contributed by atoms with van der Waals surface area (Å²) in [4.78, 5) is 15.7. The third-order valence-electron chi connectivity index (χ3n) is 5.12. The van der Waals surface area contributed by atoms with Crippen molar-refractivity contribution in [1.29, 1.82) is 0 Å². The number of hydrogen-bond donors (Lipinski definition) is 3. The molecule has 4 nitrogen and oxygen atoms in total. The van der Waals surface area contributed by atoms with E-state index < -0.39 is 0 Å². The van der Waals surface area contributed by atoms with E-state index in [0.29, 0.717) is 6.54 Å². The molecule has 0 aliphatic rings. The number of aromatic amines is 1. The Bertz CT molecular complexity index is 1020. The highest BCUT2D eigenvalue weighted by atomic mass is 16.1. The second kappa shape index (κ2) is 9.22. The topological polar surface area (TPSA) is 56.9 Å². The minimum Gasteiger partial charge on any atom is -0.361 e. The summed E-state index contributed by atoms with van der Waals surface area (Å²) in [6.07, 6.45) is 2.83. The molecule has 3 N–H and O–H groups in total. The van der Waals surface area contributed by atoms with Gasteiger partial charge in [-0.25, -0.2) is 0 Å². The van der Waals surface area contributed by atoms with Gasteiger partial charge in [0.15, 0.2) is 0 Å². The molecule has 0 bridgehead atoms. The van der Waals surface area contributed by atoms with Gasteiger partial charge in [0.05, 0.1) is 12.6 Å². The molecule has 1 heterocycles. The lowest BCUT2D eigenvalue weighted by Gasteiger charge is -2.19. The van der Waals surface area contributed by atoms with Gasteiger partial charge >= 0.3 is 0 Å². The van der Waals surface area contributed by atoms with Crippen LogP contribution in [0.25, 0.3) is 10.9 Å². The number of carbonyl (C=O) groups is 1. The van der Waals surface area contributed by atoms with Crippen LogP contribution < -0.4 is 10.6 Å². The van der Waals surface area contributed by atoms with Gasteiger partial charge in [-0.3, -0.25) is 10.1 Å². The largest absolute Gasteiger partial charge is 0.361 e. The number of carbonyl (C=O) groups excluding carboxylic acids is 1. The van der Waals surface area contributed by atoms with Crippen molar-refractivity contribution >= 4 is 16.8 Å². The fourth-order valence-corrected chi connectivity index (χ4v) is 3.65. The standard InChI is InChI=1S/C25H25N3O/c29-24(26-16-15-21-17-27-23-14-8-7-13-22(21)23)18-28-25(19-9-3-1-4-10-19)20-11-5-2-6-12-20/h1-14,17,25,27-28H,15-16,18H2,(H,26,29). The molecule has 0 spiro atoms. The van der Waals surface area contributed by atoms with Gasteiger partial charge in [0.25, 0.3) is 0 Å². The number of amides is 1. The average Bonchev–Trinajstić information content (AvgIpc) is 3.19. The number of fused-ring (bicyclic) bond motifs is 1. The Morgan fingerprint density at radius 2 is 1.45 bits per heavy atom. The lowest BCUT2D eigenvalue weighted by molar-refractivity contribution is -0.120. The van der Waals surface area contributed by atoms with E-state index in [0.717, 1.165) is 23.1 Å². The second-order valence-corrected chi connectivity index (χ2v) is 7.09. The predicted octanol–water partition coefficient (Wildman–Crippen LogP) is 4.21. The van der Waals surface area contributed by atoms with Crippen LogP contribution >= 0.6 is 0 Å². The molecular formula is C25H25N3O. The van der Waals surface area contributed by atoms with E-state index in [1.165, 1.54) is 10.9 Å². The molecule has 0 aliphatic carbocycles. The predicted molar refractivity (Wildman–Crippen MR) is 118 cm³/mol. The molecule has 1 aromatic heterocycles. The van der Waals surface area contributed by atoms with Gasteiger partial charge in [-0.1, -0.05) is 78.9 Å². The lowest BCUT2D eigenvalue weighted by atomic mass is 9.99. The summed E-state index contributed by atoms with van der Waals surface area (Å²) >= 11 is 0. The molecule has 0 atom stereocenters. The highest BCUT2D eigenvalue weighted by Gasteiger charge is 2.14. The molecule has 4 aromatic rings. The number of nitrogens with one attached hydrogen (secondary N) is 3. The Hall–Kier alpha value is -3.37. The smallest absolute Gasteiger partial charge is 0.233 e. The normalized spacial score (nSPS) is 11.1. The Morgan fingerprint density at radius 1 is 0.828 bits per heavy atom. The Morgan fingerprint density at radius 3 is 2.14 bits per heavy atom. The maximum Gasteiger partial charge on any atom is 0.233 e. The van der Waals surface area contributed by atoms with Gasteiger partial charge in [-0.05, 0) is 29.2 Å². The quantitative estimate of drug-likeness (QED) is 0.427. The number of hydrogen-bond acceptors (Lipinski definition) is 2.